The van der Waals surface area contributed by atoms with Crippen LogP contribution in [0.15, 0.2) is 0 Å². The van der Waals surface area contributed by atoms with Crippen LogP contribution in [0.5, 0.6) is 0 Å². The third-order valence-electron chi connectivity index (χ3n) is 2.99. The van der Waals surface area contributed by atoms with Gasteiger partial charge < -0.3 is 20.8 Å². The minimum atomic E-state index is -1.40. The number of aliphatic carboxylic acids is 2. The second-order valence-corrected chi connectivity index (χ2v) is 4.66. The van der Waals surface area contributed by atoms with E-state index in [0.29, 0.717) is 18.4 Å². The van der Waals surface area contributed by atoms with Gasteiger partial charge in [0.05, 0.1) is 6.42 Å². The topological polar surface area (TPSA) is 116 Å². The van der Waals surface area contributed by atoms with Gasteiger partial charge in [0.1, 0.15) is 6.04 Å². The lowest BCUT2D eigenvalue weighted by Gasteiger charge is -2.15. The minimum Gasteiger partial charge on any atom is -0.481 e. The van der Waals surface area contributed by atoms with Crippen LogP contribution in [-0.2, 0) is 9.59 Å². The number of amides is 2. The van der Waals surface area contributed by atoms with Gasteiger partial charge in [0.25, 0.3) is 0 Å². The molecule has 4 N–H and O–H groups in total. The van der Waals surface area contributed by atoms with Crippen LogP contribution in [0.2, 0.25) is 0 Å². The van der Waals surface area contributed by atoms with Gasteiger partial charge in [-0.1, -0.05) is 6.92 Å². The van der Waals surface area contributed by atoms with Crippen LogP contribution in [-0.4, -0.2) is 40.8 Å². The molecule has 1 fully saturated rings. The summed E-state index contributed by atoms with van der Waals surface area (Å²) in [7, 11) is 0. The van der Waals surface area contributed by atoms with Crippen molar-refractivity contribution in [3.8, 4) is 0 Å². The van der Waals surface area contributed by atoms with E-state index in [1.165, 1.54) is 12.8 Å². The Kier molecular flexibility index (Phi) is 4.94. The van der Waals surface area contributed by atoms with Crippen molar-refractivity contribution in [1.82, 2.24) is 10.6 Å². The van der Waals surface area contributed by atoms with Crippen LogP contribution >= 0.6 is 0 Å². The Morgan fingerprint density at radius 3 is 2.33 bits per heavy atom. The highest BCUT2D eigenvalue weighted by Crippen LogP contribution is 2.35. The highest BCUT2D eigenvalue weighted by Gasteiger charge is 2.28. The van der Waals surface area contributed by atoms with Crippen molar-refractivity contribution in [3.63, 3.8) is 0 Å². The van der Waals surface area contributed by atoms with E-state index in [0.717, 1.165) is 0 Å². The van der Waals surface area contributed by atoms with E-state index >= 15 is 0 Å². The number of carbonyl (C=O) groups is 3. The van der Waals surface area contributed by atoms with E-state index < -0.39 is 30.4 Å². The van der Waals surface area contributed by atoms with E-state index in [-0.39, 0.29) is 0 Å². The number of hydrogen-bond acceptors (Lipinski definition) is 3. The third-order valence-corrected chi connectivity index (χ3v) is 2.99. The Labute approximate surface area is 105 Å². The summed E-state index contributed by atoms with van der Waals surface area (Å²) in [5, 5.41) is 21.9. The molecule has 0 bridgehead atoms. The summed E-state index contributed by atoms with van der Waals surface area (Å²) in [6, 6.07) is -2.05. The summed E-state index contributed by atoms with van der Waals surface area (Å²) in [4.78, 5) is 32.6. The summed E-state index contributed by atoms with van der Waals surface area (Å²) in [6.07, 6.45) is 1.70. The Morgan fingerprint density at radius 2 is 1.89 bits per heavy atom. The maximum Gasteiger partial charge on any atom is 0.326 e. The largest absolute Gasteiger partial charge is 0.481 e. The Bertz CT molecular complexity index is 340. The lowest BCUT2D eigenvalue weighted by molar-refractivity contribution is -0.145. The van der Waals surface area contributed by atoms with Crippen LogP contribution in [0.25, 0.3) is 0 Å². The predicted molar refractivity (Wildman–Crippen MR) is 62.1 cm³/mol. The van der Waals surface area contributed by atoms with Gasteiger partial charge in [0.15, 0.2) is 0 Å². The molecule has 1 aliphatic carbocycles. The highest BCUT2D eigenvalue weighted by molar-refractivity contribution is 5.86. The maximum absolute atomic E-state index is 11.4. The fourth-order valence-corrected chi connectivity index (χ4v) is 1.67. The number of nitrogens with one attached hydrogen (secondary N) is 2. The van der Waals surface area contributed by atoms with Crippen molar-refractivity contribution in [2.45, 2.75) is 32.2 Å². The molecule has 7 nitrogen and oxygen atoms in total. The van der Waals surface area contributed by atoms with Gasteiger partial charge in [-0.3, -0.25) is 4.79 Å². The van der Waals surface area contributed by atoms with Crippen molar-refractivity contribution >= 4 is 18.0 Å². The molecule has 0 aliphatic heterocycles. The van der Waals surface area contributed by atoms with Crippen molar-refractivity contribution in [3.05, 3.63) is 0 Å². The Morgan fingerprint density at radius 1 is 1.28 bits per heavy atom. The first kappa shape index (κ1) is 14.3. The molecule has 2 atom stereocenters. The van der Waals surface area contributed by atoms with Gasteiger partial charge in [-0.25, -0.2) is 9.59 Å². The van der Waals surface area contributed by atoms with Crippen LogP contribution in [0.4, 0.5) is 4.79 Å². The van der Waals surface area contributed by atoms with Crippen LogP contribution in [0, 0.1) is 11.8 Å². The second kappa shape index (κ2) is 6.23. The van der Waals surface area contributed by atoms with Crippen molar-refractivity contribution < 1.29 is 24.6 Å². The first-order valence-corrected chi connectivity index (χ1v) is 5.89. The molecule has 1 rings (SSSR count). The average molecular weight is 258 g/mol. The molecular weight excluding hydrogens is 240 g/mol. The molecule has 7 heteroatoms. The van der Waals surface area contributed by atoms with Crippen LogP contribution < -0.4 is 10.6 Å². The van der Waals surface area contributed by atoms with Gasteiger partial charge in [0.2, 0.25) is 0 Å². The fraction of sp³-hybridized carbons (Fsp3) is 0.727. The van der Waals surface area contributed by atoms with Gasteiger partial charge in [-0.15, -0.1) is 0 Å². The van der Waals surface area contributed by atoms with E-state index in [9.17, 15) is 14.4 Å². The van der Waals surface area contributed by atoms with E-state index in [2.05, 4.69) is 10.6 Å². The minimum absolute atomic E-state index is 0.360. The third kappa shape index (κ3) is 5.03. The molecule has 0 saturated heterocycles. The number of carboxylic acids is 2. The quantitative estimate of drug-likeness (QED) is 0.522. The Hall–Kier alpha value is -1.79. The smallest absolute Gasteiger partial charge is 0.326 e. The molecule has 1 aliphatic rings. The molecular formula is C11H18N2O5. The summed E-state index contributed by atoms with van der Waals surface area (Å²) >= 11 is 0. The molecule has 18 heavy (non-hydrogen) atoms. The lowest BCUT2D eigenvalue weighted by Crippen LogP contribution is -2.47. The number of carboxylic acid groups (broad SMARTS) is 2. The summed E-state index contributed by atoms with van der Waals surface area (Å²) in [5.74, 6) is -1.63. The second-order valence-electron chi connectivity index (χ2n) is 4.66. The van der Waals surface area contributed by atoms with Gasteiger partial charge in [-0.2, -0.15) is 0 Å². The van der Waals surface area contributed by atoms with Crippen molar-refractivity contribution in [2.75, 3.05) is 6.54 Å². The predicted octanol–water partition coefficient (Wildman–Crippen LogP) is 0.260. The van der Waals surface area contributed by atoms with E-state index in [4.69, 9.17) is 10.2 Å². The molecule has 102 valence electrons. The van der Waals surface area contributed by atoms with E-state index in [1.807, 2.05) is 6.92 Å². The number of urea groups is 1. The SMILES string of the molecule is CC(CNC(=O)N[C@H](CC(=O)O)C(=O)O)C1CC1. The molecule has 0 radical (unpaired) electrons. The Balaban J connectivity index is 2.31. The molecule has 0 heterocycles. The molecule has 0 aromatic rings. The molecule has 0 aromatic heterocycles. The fourth-order valence-electron chi connectivity index (χ4n) is 1.67. The van der Waals surface area contributed by atoms with Gasteiger partial charge >= 0.3 is 18.0 Å². The van der Waals surface area contributed by atoms with Crippen LogP contribution in [0.3, 0.4) is 0 Å². The standard InChI is InChI=1S/C11H18N2O5/c1-6(7-2-3-7)5-12-11(18)13-8(10(16)17)4-9(14)15/h6-8H,2-5H2,1H3,(H,14,15)(H,16,17)(H2,12,13,18)/t6?,8-/m1/s1. The summed E-state index contributed by atoms with van der Waals surface area (Å²) < 4.78 is 0. The number of carbonyl (C=O) groups excluding carboxylic acids is 1. The average Bonchev–Trinajstić information content (AvgIpc) is 3.07. The van der Waals surface area contributed by atoms with Crippen LogP contribution in [0.1, 0.15) is 26.2 Å². The van der Waals surface area contributed by atoms with Gasteiger partial charge in [0, 0.05) is 6.54 Å². The monoisotopic (exact) mass is 258 g/mol. The molecule has 0 spiro atoms. The molecule has 1 unspecified atom stereocenters. The highest BCUT2D eigenvalue weighted by atomic mass is 16.4. The molecule has 2 amide bonds. The zero-order valence-corrected chi connectivity index (χ0v) is 10.2. The van der Waals surface area contributed by atoms with Crippen molar-refractivity contribution in [1.29, 1.82) is 0 Å². The molecule has 0 aromatic carbocycles. The normalized spacial score (nSPS) is 17.6. The number of rotatable bonds is 7. The number of hydrogen-bond donors (Lipinski definition) is 4. The molecule has 1 saturated carbocycles. The first-order chi connectivity index (χ1) is 8.40. The maximum atomic E-state index is 11.4. The summed E-state index contributed by atoms with van der Waals surface area (Å²) in [6.45, 7) is 2.49. The van der Waals surface area contributed by atoms with Gasteiger partial charge in [-0.05, 0) is 24.7 Å². The van der Waals surface area contributed by atoms with Crippen molar-refractivity contribution in [2.24, 2.45) is 11.8 Å². The first-order valence-electron chi connectivity index (χ1n) is 5.89. The lowest BCUT2D eigenvalue weighted by atomic mass is 10.1. The van der Waals surface area contributed by atoms with E-state index in [1.54, 1.807) is 0 Å². The summed E-state index contributed by atoms with van der Waals surface area (Å²) in [5.41, 5.74) is 0. The zero-order chi connectivity index (χ0) is 13.7. The zero-order valence-electron chi connectivity index (χ0n) is 10.2.